The van der Waals surface area contributed by atoms with E-state index in [0.717, 1.165) is 0 Å². The molecule has 0 aliphatic carbocycles. The third kappa shape index (κ3) is 4.26. The highest BCUT2D eigenvalue weighted by atomic mass is 16.5. The first-order valence-corrected chi connectivity index (χ1v) is 9.21. The number of nitrogens with zero attached hydrogens (tertiary/aromatic N) is 2. The SMILES string of the molecule is COC(=O)c1cc(CN(C)C(=O)C2CC(=O)N(c3cccc(OC)c3)C2)oc1C. The Hall–Kier alpha value is -3.29. The fraction of sp³-hybridized carbons (Fsp3) is 0.381. The van der Waals surface area contributed by atoms with Crippen molar-refractivity contribution in [2.75, 3.05) is 32.7 Å². The van der Waals surface area contributed by atoms with Crippen molar-refractivity contribution in [3.05, 3.63) is 47.4 Å². The van der Waals surface area contributed by atoms with Gasteiger partial charge < -0.3 is 23.7 Å². The van der Waals surface area contributed by atoms with E-state index in [2.05, 4.69) is 0 Å². The molecular weight excluding hydrogens is 376 g/mol. The maximum atomic E-state index is 12.9. The van der Waals surface area contributed by atoms with Crippen molar-refractivity contribution in [1.82, 2.24) is 4.90 Å². The van der Waals surface area contributed by atoms with Gasteiger partial charge in [0.15, 0.2) is 0 Å². The van der Waals surface area contributed by atoms with Gasteiger partial charge in [0.2, 0.25) is 11.8 Å². The third-order valence-corrected chi connectivity index (χ3v) is 4.98. The number of hydrogen-bond acceptors (Lipinski definition) is 6. The molecular formula is C21H24N2O6. The summed E-state index contributed by atoms with van der Waals surface area (Å²) in [5.74, 6) is 0.373. The Kier molecular flexibility index (Phi) is 5.91. The summed E-state index contributed by atoms with van der Waals surface area (Å²) >= 11 is 0. The summed E-state index contributed by atoms with van der Waals surface area (Å²) in [6.07, 6.45) is 0.144. The lowest BCUT2D eigenvalue weighted by Gasteiger charge is -2.21. The molecule has 0 spiro atoms. The molecule has 2 heterocycles. The molecule has 1 aliphatic rings. The van der Waals surface area contributed by atoms with Gasteiger partial charge in [-0.1, -0.05) is 6.07 Å². The number of esters is 1. The predicted octanol–water partition coefficient (Wildman–Crippen LogP) is 2.39. The molecule has 8 nitrogen and oxygen atoms in total. The first-order valence-electron chi connectivity index (χ1n) is 9.21. The molecule has 29 heavy (non-hydrogen) atoms. The first kappa shape index (κ1) is 20.4. The van der Waals surface area contributed by atoms with Gasteiger partial charge in [-0.2, -0.15) is 0 Å². The molecule has 0 saturated carbocycles. The number of aryl methyl sites for hydroxylation is 1. The van der Waals surface area contributed by atoms with Gasteiger partial charge in [0, 0.05) is 31.8 Å². The van der Waals surface area contributed by atoms with E-state index >= 15 is 0 Å². The average molecular weight is 400 g/mol. The molecule has 1 atom stereocenters. The van der Waals surface area contributed by atoms with Crippen LogP contribution < -0.4 is 9.64 Å². The molecule has 1 fully saturated rings. The average Bonchev–Trinajstić information content (AvgIpc) is 3.29. The van der Waals surface area contributed by atoms with Gasteiger partial charge in [-0.05, 0) is 25.1 Å². The first-order chi connectivity index (χ1) is 13.8. The van der Waals surface area contributed by atoms with Crippen LogP contribution >= 0.6 is 0 Å². The summed E-state index contributed by atoms with van der Waals surface area (Å²) in [6.45, 7) is 2.17. The second kappa shape index (κ2) is 8.38. The quantitative estimate of drug-likeness (QED) is 0.692. The minimum atomic E-state index is -0.484. The summed E-state index contributed by atoms with van der Waals surface area (Å²) in [4.78, 5) is 40.2. The van der Waals surface area contributed by atoms with Crippen LogP contribution in [-0.4, -0.2) is 50.5 Å². The van der Waals surface area contributed by atoms with E-state index in [1.54, 1.807) is 50.2 Å². The molecule has 1 unspecified atom stereocenters. The molecule has 154 valence electrons. The van der Waals surface area contributed by atoms with Crippen molar-refractivity contribution in [2.45, 2.75) is 19.9 Å². The molecule has 1 saturated heterocycles. The maximum Gasteiger partial charge on any atom is 0.341 e. The number of rotatable bonds is 6. The maximum absolute atomic E-state index is 12.9. The largest absolute Gasteiger partial charge is 0.497 e. The second-order valence-corrected chi connectivity index (χ2v) is 6.98. The Labute approximate surface area is 169 Å². The van der Waals surface area contributed by atoms with Crippen LogP contribution in [0.5, 0.6) is 5.75 Å². The molecule has 1 aliphatic heterocycles. The molecule has 2 amide bonds. The summed E-state index contributed by atoms with van der Waals surface area (Å²) in [5, 5.41) is 0. The number of ether oxygens (including phenoxy) is 2. The van der Waals surface area contributed by atoms with Gasteiger partial charge in [-0.15, -0.1) is 0 Å². The number of benzene rings is 1. The van der Waals surface area contributed by atoms with E-state index < -0.39 is 11.9 Å². The molecule has 1 aromatic heterocycles. The zero-order chi connectivity index (χ0) is 21.1. The molecule has 0 radical (unpaired) electrons. The molecule has 8 heteroatoms. The van der Waals surface area contributed by atoms with Crippen molar-refractivity contribution in [3.8, 4) is 5.75 Å². The van der Waals surface area contributed by atoms with Crippen LogP contribution in [-0.2, 0) is 20.9 Å². The summed E-state index contributed by atoms with van der Waals surface area (Å²) in [5.41, 5.74) is 1.04. The number of hydrogen-bond donors (Lipinski definition) is 0. The molecule has 2 aromatic rings. The Bertz CT molecular complexity index is 935. The normalized spacial score (nSPS) is 16.1. The Morgan fingerprint density at radius 3 is 2.72 bits per heavy atom. The van der Waals surface area contributed by atoms with Crippen molar-refractivity contribution in [2.24, 2.45) is 5.92 Å². The number of furan rings is 1. The number of carbonyl (C=O) groups is 3. The highest BCUT2D eigenvalue weighted by molar-refractivity contribution is 6.00. The lowest BCUT2D eigenvalue weighted by Crippen LogP contribution is -2.34. The van der Waals surface area contributed by atoms with Crippen LogP contribution in [0.15, 0.2) is 34.7 Å². The number of carbonyl (C=O) groups excluding carboxylic acids is 3. The molecule has 3 rings (SSSR count). The third-order valence-electron chi connectivity index (χ3n) is 4.98. The Morgan fingerprint density at radius 2 is 2.03 bits per heavy atom. The molecule has 0 N–H and O–H groups in total. The van der Waals surface area contributed by atoms with Crippen molar-refractivity contribution < 1.29 is 28.3 Å². The fourth-order valence-electron chi connectivity index (χ4n) is 3.46. The van der Waals surface area contributed by atoms with Crippen LogP contribution in [0.2, 0.25) is 0 Å². The lowest BCUT2D eigenvalue weighted by atomic mass is 10.1. The second-order valence-electron chi connectivity index (χ2n) is 6.98. The Morgan fingerprint density at radius 1 is 1.28 bits per heavy atom. The van der Waals surface area contributed by atoms with E-state index in [-0.39, 0.29) is 24.8 Å². The van der Waals surface area contributed by atoms with Gasteiger partial charge in [0.1, 0.15) is 22.8 Å². The van der Waals surface area contributed by atoms with Crippen LogP contribution in [0.3, 0.4) is 0 Å². The highest BCUT2D eigenvalue weighted by Gasteiger charge is 2.36. The minimum absolute atomic E-state index is 0.105. The van der Waals surface area contributed by atoms with E-state index in [1.165, 1.54) is 12.0 Å². The number of methoxy groups -OCH3 is 2. The van der Waals surface area contributed by atoms with Crippen molar-refractivity contribution >= 4 is 23.5 Å². The standard InChI is InChI=1S/C21H24N2O6/c1-13-18(21(26)28-4)10-17(29-13)12-22(2)20(25)14-8-19(24)23(11-14)15-6-5-7-16(9-15)27-3/h5-7,9-10,14H,8,11-12H2,1-4H3. The van der Waals surface area contributed by atoms with Crippen molar-refractivity contribution in [1.29, 1.82) is 0 Å². The summed E-state index contributed by atoms with van der Waals surface area (Å²) in [7, 11) is 4.51. The van der Waals surface area contributed by atoms with Crippen LogP contribution in [0.25, 0.3) is 0 Å². The number of anilines is 1. The van der Waals surface area contributed by atoms with Gasteiger partial charge in [-0.3, -0.25) is 9.59 Å². The number of amides is 2. The molecule has 1 aromatic carbocycles. The van der Waals surface area contributed by atoms with Crippen LogP contribution in [0.4, 0.5) is 5.69 Å². The molecule has 0 bridgehead atoms. The van der Waals surface area contributed by atoms with Gasteiger partial charge in [0.05, 0.1) is 26.7 Å². The summed E-state index contributed by atoms with van der Waals surface area (Å²) < 4.78 is 15.5. The zero-order valence-corrected chi connectivity index (χ0v) is 16.9. The van der Waals surface area contributed by atoms with Crippen molar-refractivity contribution in [3.63, 3.8) is 0 Å². The van der Waals surface area contributed by atoms with Gasteiger partial charge in [-0.25, -0.2) is 4.79 Å². The van der Waals surface area contributed by atoms with E-state index in [4.69, 9.17) is 13.9 Å². The fourth-order valence-corrected chi connectivity index (χ4v) is 3.46. The van der Waals surface area contributed by atoms with Crippen LogP contribution in [0, 0.1) is 12.8 Å². The smallest absolute Gasteiger partial charge is 0.341 e. The predicted molar refractivity (Wildman–Crippen MR) is 105 cm³/mol. The van der Waals surface area contributed by atoms with Gasteiger partial charge >= 0.3 is 5.97 Å². The van der Waals surface area contributed by atoms with E-state index in [1.807, 2.05) is 6.07 Å². The van der Waals surface area contributed by atoms with Gasteiger partial charge in [0.25, 0.3) is 0 Å². The highest BCUT2D eigenvalue weighted by Crippen LogP contribution is 2.29. The van der Waals surface area contributed by atoms with E-state index in [0.29, 0.717) is 35.1 Å². The lowest BCUT2D eigenvalue weighted by molar-refractivity contribution is -0.135. The monoisotopic (exact) mass is 400 g/mol. The van der Waals surface area contributed by atoms with Crippen LogP contribution in [0.1, 0.15) is 28.3 Å². The summed E-state index contributed by atoms with van der Waals surface area (Å²) in [6, 6.07) is 8.77. The Balaban J connectivity index is 1.67. The zero-order valence-electron chi connectivity index (χ0n) is 16.9. The minimum Gasteiger partial charge on any atom is -0.497 e. The topological polar surface area (TPSA) is 89.3 Å². The van der Waals surface area contributed by atoms with E-state index in [9.17, 15) is 14.4 Å².